The Kier molecular flexibility index (Phi) is 5.01. The number of benzene rings is 1. The molecule has 0 saturated heterocycles. The van der Waals surface area contributed by atoms with Crippen LogP contribution in [0.25, 0.3) is 0 Å². The second-order valence-electron chi connectivity index (χ2n) is 6.63. The Bertz CT molecular complexity index is 419. The number of hydrogen-bond acceptors (Lipinski definition) is 1. The SMILES string of the molecule is Clc1ccccc1C1CC(NCCCC2CCCC2)C1. The number of halogens is 1. The fraction of sp³-hybridized carbons (Fsp3) is 0.667. The monoisotopic (exact) mass is 291 g/mol. The summed E-state index contributed by atoms with van der Waals surface area (Å²) in [5.41, 5.74) is 1.35. The Morgan fingerprint density at radius 1 is 1.10 bits per heavy atom. The van der Waals surface area contributed by atoms with E-state index in [1.165, 1.54) is 63.5 Å². The summed E-state index contributed by atoms with van der Waals surface area (Å²) >= 11 is 6.26. The zero-order valence-corrected chi connectivity index (χ0v) is 13.0. The summed E-state index contributed by atoms with van der Waals surface area (Å²) in [5, 5.41) is 4.66. The van der Waals surface area contributed by atoms with Crippen molar-refractivity contribution in [1.29, 1.82) is 0 Å². The van der Waals surface area contributed by atoms with Crippen LogP contribution in [0, 0.1) is 5.92 Å². The molecule has 2 aliphatic rings. The van der Waals surface area contributed by atoms with Gasteiger partial charge in [0.2, 0.25) is 0 Å². The van der Waals surface area contributed by atoms with E-state index in [9.17, 15) is 0 Å². The molecule has 2 aliphatic carbocycles. The van der Waals surface area contributed by atoms with Crippen LogP contribution in [-0.2, 0) is 0 Å². The van der Waals surface area contributed by atoms with Crippen LogP contribution in [-0.4, -0.2) is 12.6 Å². The molecular weight excluding hydrogens is 266 g/mol. The lowest BCUT2D eigenvalue weighted by atomic mass is 9.76. The predicted octanol–water partition coefficient (Wildman–Crippen LogP) is 5.15. The maximum Gasteiger partial charge on any atom is 0.0440 e. The second kappa shape index (κ2) is 6.95. The Labute approximate surface area is 128 Å². The Hall–Kier alpha value is -0.530. The fourth-order valence-electron chi connectivity index (χ4n) is 3.84. The molecule has 0 aromatic heterocycles. The number of nitrogens with one attached hydrogen (secondary N) is 1. The van der Waals surface area contributed by atoms with E-state index in [0.717, 1.165) is 17.0 Å². The van der Waals surface area contributed by atoms with Crippen LogP contribution in [0.5, 0.6) is 0 Å². The quantitative estimate of drug-likeness (QED) is 0.715. The molecule has 2 fully saturated rings. The van der Waals surface area contributed by atoms with E-state index in [4.69, 9.17) is 11.6 Å². The van der Waals surface area contributed by atoms with Crippen LogP contribution >= 0.6 is 11.6 Å². The maximum absolute atomic E-state index is 6.26. The third-order valence-corrected chi connectivity index (χ3v) is 5.52. The normalized spacial score (nSPS) is 26.6. The van der Waals surface area contributed by atoms with Crippen molar-refractivity contribution >= 4 is 11.6 Å². The lowest BCUT2D eigenvalue weighted by molar-refractivity contribution is 0.287. The van der Waals surface area contributed by atoms with Gasteiger partial charge in [-0.1, -0.05) is 55.5 Å². The summed E-state index contributed by atoms with van der Waals surface area (Å²) in [6.45, 7) is 1.20. The molecule has 1 aromatic carbocycles. The van der Waals surface area contributed by atoms with Gasteiger partial charge in [-0.25, -0.2) is 0 Å². The van der Waals surface area contributed by atoms with Crippen molar-refractivity contribution in [1.82, 2.24) is 5.32 Å². The van der Waals surface area contributed by atoms with Crippen molar-refractivity contribution in [2.24, 2.45) is 5.92 Å². The largest absolute Gasteiger partial charge is 0.314 e. The average molecular weight is 292 g/mol. The zero-order valence-electron chi connectivity index (χ0n) is 12.3. The highest BCUT2D eigenvalue weighted by Crippen LogP contribution is 2.39. The van der Waals surface area contributed by atoms with E-state index in [0.29, 0.717) is 5.92 Å². The van der Waals surface area contributed by atoms with E-state index < -0.39 is 0 Å². The second-order valence-corrected chi connectivity index (χ2v) is 7.04. The molecule has 2 heteroatoms. The van der Waals surface area contributed by atoms with Gasteiger partial charge in [0.15, 0.2) is 0 Å². The van der Waals surface area contributed by atoms with Gasteiger partial charge < -0.3 is 5.32 Å². The van der Waals surface area contributed by atoms with Crippen LogP contribution in [0.1, 0.15) is 62.8 Å². The minimum Gasteiger partial charge on any atom is -0.314 e. The molecule has 2 saturated carbocycles. The Balaban J connectivity index is 1.31. The first-order valence-electron chi connectivity index (χ1n) is 8.30. The molecule has 0 unspecified atom stereocenters. The average Bonchev–Trinajstić information content (AvgIpc) is 2.91. The molecule has 0 atom stereocenters. The van der Waals surface area contributed by atoms with Crippen LogP contribution in [0.15, 0.2) is 24.3 Å². The summed E-state index contributed by atoms with van der Waals surface area (Å²) in [7, 11) is 0. The molecule has 1 aromatic rings. The highest BCUT2D eigenvalue weighted by atomic mass is 35.5. The third kappa shape index (κ3) is 3.56. The smallest absolute Gasteiger partial charge is 0.0440 e. The molecule has 0 bridgehead atoms. The molecule has 3 rings (SSSR count). The van der Waals surface area contributed by atoms with E-state index >= 15 is 0 Å². The van der Waals surface area contributed by atoms with Gasteiger partial charge in [-0.05, 0) is 55.7 Å². The van der Waals surface area contributed by atoms with Gasteiger partial charge in [-0.3, -0.25) is 0 Å². The van der Waals surface area contributed by atoms with Crippen molar-refractivity contribution in [3.05, 3.63) is 34.9 Å². The molecular formula is C18H26ClN. The molecule has 0 heterocycles. The summed E-state index contributed by atoms with van der Waals surface area (Å²) in [6, 6.07) is 9.04. The van der Waals surface area contributed by atoms with Crippen molar-refractivity contribution in [3.8, 4) is 0 Å². The molecule has 110 valence electrons. The van der Waals surface area contributed by atoms with Crippen molar-refractivity contribution < 1.29 is 0 Å². The Morgan fingerprint density at radius 3 is 2.60 bits per heavy atom. The molecule has 0 aliphatic heterocycles. The molecule has 0 radical (unpaired) electrons. The van der Waals surface area contributed by atoms with Crippen LogP contribution in [0.2, 0.25) is 5.02 Å². The first-order valence-corrected chi connectivity index (χ1v) is 8.68. The maximum atomic E-state index is 6.26. The van der Waals surface area contributed by atoms with Gasteiger partial charge in [-0.15, -0.1) is 0 Å². The Morgan fingerprint density at radius 2 is 1.85 bits per heavy atom. The fourth-order valence-corrected chi connectivity index (χ4v) is 4.13. The molecule has 1 nitrogen and oxygen atoms in total. The van der Waals surface area contributed by atoms with Gasteiger partial charge in [0.25, 0.3) is 0 Å². The summed E-state index contributed by atoms with van der Waals surface area (Å²) < 4.78 is 0. The molecule has 20 heavy (non-hydrogen) atoms. The van der Waals surface area contributed by atoms with E-state index in [1.54, 1.807) is 0 Å². The van der Waals surface area contributed by atoms with Gasteiger partial charge in [0, 0.05) is 11.1 Å². The lowest BCUT2D eigenvalue weighted by Crippen LogP contribution is -2.40. The van der Waals surface area contributed by atoms with Gasteiger partial charge >= 0.3 is 0 Å². The van der Waals surface area contributed by atoms with Gasteiger partial charge in [-0.2, -0.15) is 0 Å². The lowest BCUT2D eigenvalue weighted by Gasteiger charge is -2.37. The minimum atomic E-state index is 0.677. The third-order valence-electron chi connectivity index (χ3n) is 5.18. The molecule has 1 N–H and O–H groups in total. The first-order chi connectivity index (χ1) is 9.83. The summed E-state index contributed by atoms with van der Waals surface area (Å²) in [6.07, 6.45) is 11.2. The number of rotatable bonds is 6. The van der Waals surface area contributed by atoms with Crippen molar-refractivity contribution in [2.45, 2.75) is 63.3 Å². The van der Waals surface area contributed by atoms with Gasteiger partial charge in [0.05, 0.1) is 0 Å². The molecule has 0 amide bonds. The highest BCUT2D eigenvalue weighted by molar-refractivity contribution is 6.31. The molecule has 0 spiro atoms. The van der Waals surface area contributed by atoms with Crippen molar-refractivity contribution in [2.75, 3.05) is 6.54 Å². The van der Waals surface area contributed by atoms with Crippen LogP contribution < -0.4 is 5.32 Å². The van der Waals surface area contributed by atoms with Crippen molar-refractivity contribution in [3.63, 3.8) is 0 Å². The minimum absolute atomic E-state index is 0.677. The highest BCUT2D eigenvalue weighted by Gasteiger charge is 2.30. The number of hydrogen-bond donors (Lipinski definition) is 1. The van der Waals surface area contributed by atoms with Gasteiger partial charge in [0.1, 0.15) is 0 Å². The predicted molar refractivity (Wildman–Crippen MR) is 86.4 cm³/mol. The van der Waals surface area contributed by atoms with E-state index in [2.05, 4.69) is 17.4 Å². The standard InChI is InChI=1S/C18H26ClN/c19-18-10-4-3-9-17(18)15-12-16(13-15)20-11-5-8-14-6-1-2-7-14/h3-4,9-10,14-16,20H,1-2,5-8,11-13H2. The van der Waals surface area contributed by atoms with E-state index in [-0.39, 0.29) is 0 Å². The topological polar surface area (TPSA) is 12.0 Å². The van der Waals surface area contributed by atoms with Crippen LogP contribution in [0.3, 0.4) is 0 Å². The zero-order chi connectivity index (χ0) is 13.8. The first kappa shape index (κ1) is 14.4. The van der Waals surface area contributed by atoms with Crippen LogP contribution in [0.4, 0.5) is 0 Å². The summed E-state index contributed by atoms with van der Waals surface area (Å²) in [5.74, 6) is 1.71. The van der Waals surface area contributed by atoms with E-state index in [1.807, 2.05) is 12.1 Å². The summed E-state index contributed by atoms with van der Waals surface area (Å²) in [4.78, 5) is 0.